The molecule has 0 aromatic carbocycles. The predicted molar refractivity (Wildman–Crippen MR) is 66.8 cm³/mol. The van der Waals surface area contributed by atoms with Gasteiger partial charge in [0.1, 0.15) is 0 Å². The molecule has 4 fully saturated rings. The molecule has 92 valence electrons. The second-order valence-electron chi connectivity index (χ2n) is 8.09. The van der Waals surface area contributed by atoms with Crippen molar-refractivity contribution < 1.29 is 5.73 Å². The summed E-state index contributed by atoms with van der Waals surface area (Å²) in [5.41, 5.74) is 6.18. The fourth-order valence-corrected chi connectivity index (χ4v) is 6.46. The molecular weight excluding hydrogens is 194 g/mol. The molecule has 4 bridgehead atoms. The van der Waals surface area contributed by atoms with Crippen molar-refractivity contribution in [1.82, 2.24) is 0 Å². The van der Waals surface area contributed by atoms with Crippen LogP contribution in [0.2, 0.25) is 0 Å². The maximum Gasteiger partial charge on any atom is 0.0740 e. The third-order valence-corrected chi connectivity index (χ3v) is 5.70. The molecule has 2 atom stereocenters. The summed E-state index contributed by atoms with van der Waals surface area (Å²) in [5, 5.41) is 0. The Bertz CT molecular complexity index is 278. The van der Waals surface area contributed by atoms with Crippen molar-refractivity contribution in [2.75, 3.05) is 6.54 Å². The monoisotopic (exact) mass is 222 g/mol. The Balaban J connectivity index is 1.86. The average Bonchev–Trinajstić information content (AvgIpc) is 2.08. The molecule has 0 heterocycles. The van der Waals surface area contributed by atoms with Gasteiger partial charge in [0.2, 0.25) is 0 Å². The summed E-state index contributed by atoms with van der Waals surface area (Å²) in [4.78, 5) is 0. The molecule has 1 nitrogen and oxygen atoms in total. The fourth-order valence-electron chi connectivity index (χ4n) is 6.46. The minimum absolute atomic E-state index is 0.704. The van der Waals surface area contributed by atoms with E-state index in [2.05, 4.69) is 19.6 Å². The van der Waals surface area contributed by atoms with Crippen molar-refractivity contribution in [2.45, 2.75) is 65.2 Å². The third-order valence-electron chi connectivity index (χ3n) is 5.70. The number of hydrogen-bond acceptors (Lipinski definition) is 0. The SMILES string of the molecule is CC12CC3CC(C)(C1)CC(CCC[NH3+])(C3)C2. The summed E-state index contributed by atoms with van der Waals surface area (Å²) in [6.07, 6.45) is 12.0. The maximum atomic E-state index is 4.04. The molecule has 1 heteroatoms. The van der Waals surface area contributed by atoms with Crippen LogP contribution in [0, 0.1) is 22.2 Å². The van der Waals surface area contributed by atoms with Gasteiger partial charge in [-0.25, -0.2) is 0 Å². The first-order chi connectivity index (χ1) is 7.47. The Labute approximate surface area is 100 Å². The van der Waals surface area contributed by atoms with Crippen LogP contribution >= 0.6 is 0 Å². The van der Waals surface area contributed by atoms with Crippen LogP contribution in [0.4, 0.5) is 0 Å². The van der Waals surface area contributed by atoms with E-state index in [1.165, 1.54) is 44.9 Å². The highest BCUT2D eigenvalue weighted by Gasteiger charge is 2.59. The van der Waals surface area contributed by atoms with E-state index in [4.69, 9.17) is 0 Å². The Kier molecular flexibility index (Phi) is 2.25. The Morgan fingerprint density at radius 2 is 1.62 bits per heavy atom. The summed E-state index contributed by atoms with van der Waals surface area (Å²) in [6, 6.07) is 0. The zero-order chi connectivity index (χ0) is 11.4. The zero-order valence-corrected chi connectivity index (χ0v) is 11.1. The lowest BCUT2D eigenvalue weighted by Crippen LogP contribution is -2.56. The van der Waals surface area contributed by atoms with E-state index in [9.17, 15) is 0 Å². The van der Waals surface area contributed by atoms with Crippen LogP contribution in [0.5, 0.6) is 0 Å². The molecule has 4 aliphatic carbocycles. The van der Waals surface area contributed by atoms with E-state index in [1.54, 1.807) is 6.42 Å². The van der Waals surface area contributed by atoms with Crippen molar-refractivity contribution in [3.05, 3.63) is 0 Å². The summed E-state index contributed by atoms with van der Waals surface area (Å²) in [7, 11) is 0. The van der Waals surface area contributed by atoms with Crippen LogP contribution in [0.1, 0.15) is 65.2 Å². The van der Waals surface area contributed by atoms with E-state index in [0.29, 0.717) is 10.8 Å². The highest BCUT2D eigenvalue weighted by molar-refractivity contribution is 5.10. The number of quaternary nitrogens is 1. The minimum atomic E-state index is 0.704. The van der Waals surface area contributed by atoms with Crippen LogP contribution < -0.4 is 5.73 Å². The fraction of sp³-hybridized carbons (Fsp3) is 1.00. The lowest BCUT2D eigenvalue weighted by molar-refractivity contribution is -0.369. The molecule has 4 aliphatic rings. The van der Waals surface area contributed by atoms with Gasteiger partial charge in [0, 0.05) is 0 Å². The lowest BCUT2D eigenvalue weighted by atomic mass is 9.40. The quantitative estimate of drug-likeness (QED) is 0.760. The largest absolute Gasteiger partial charge is 0.358 e. The summed E-state index contributed by atoms with van der Waals surface area (Å²) in [6.45, 7) is 6.29. The molecule has 0 saturated heterocycles. The first-order valence-corrected chi connectivity index (χ1v) is 7.26. The molecule has 2 unspecified atom stereocenters. The molecule has 16 heavy (non-hydrogen) atoms. The van der Waals surface area contributed by atoms with Gasteiger partial charge in [0.15, 0.2) is 0 Å². The minimum Gasteiger partial charge on any atom is -0.358 e. The van der Waals surface area contributed by atoms with E-state index in [1.807, 2.05) is 0 Å². The Morgan fingerprint density at radius 3 is 2.12 bits per heavy atom. The van der Waals surface area contributed by atoms with Crippen molar-refractivity contribution in [1.29, 1.82) is 0 Å². The smallest absolute Gasteiger partial charge is 0.0740 e. The summed E-state index contributed by atoms with van der Waals surface area (Å²) >= 11 is 0. The summed E-state index contributed by atoms with van der Waals surface area (Å²) in [5.74, 6) is 1.07. The topological polar surface area (TPSA) is 27.6 Å². The molecule has 0 spiro atoms. The number of hydrogen-bond donors (Lipinski definition) is 1. The molecule has 0 radical (unpaired) electrons. The second-order valence-corrected chi connectivity index (χ2v) is 8.09. The van der Waals surface area contributed by atoms with Gasteiger partial charge in [-0.2, -0.15) is 0 Å². The molecule has 0 aromatic rings. The van der Waals surface area contributed by atoms with Gasteiger partial charge in [-0.3, -0.25) is 0 Å². The third kappa shape index (κ3) is 1.63. The van der Waals surface area contributed by atoms with Gasteiger partial charge in [-0.15, -0.1) is 0 Å². The first-order valence-electron chi connectivity index (χ1n) is 7.26. The van der Waals surface area contributed by atoms with Crippen molar-refractivity contribution in [3.63, 3.8) is 0 Å². The molecule has 0 amide bonds. The molecule has 4 rings (SSSR count). The molecule has 0 aromatic heterocycles. The van der Waals surface area contributed by atoms with Crippen molar-refractivity contribution in [3.8, 4) is 0 Å². The van der Waals surface area contributed by atoms with Gasteiger partial charge in [0.25, 0.3) is 0 Å². The van der Waals surface area contributed by atoms with Crippen LogP contribution in [0.25, 0.3) is 0 Å². The first kappa shape index (κ1) is 11.1. The number of rotatable bonds is 3. The van der Waals surface area contributed by atoms with Gasteiger partial charge in [0.05, 0.1) is 6.54 Å². The van der Waals surface area contributed by atoms with E-state index >= 15 is 0 Å². The van der Waals surface area contributed by atoms with Crippen LogP contribution in [-0.2, 0) is 0 Å². The Morgan fingerprint density at radius 1 is 1.00 bits per heavy atom. The van der Waals surface area contributed by atoms with E-state index < -0.39 is 0 Å². The van der Waals surface area contributed by atoms with Gasteiger partial charge >= 0.3 is 0 Å². The van der Waals surface area contributed by atoms with Crippen LogP contribution in [0.15, 0.2) is 0 Å². The Hall–Kier alpha value is -0.0400. The molecule has 4 saturated carbocycles. The van der Waals surface area contributed by atoms with Crippen molar-refractivity contribution >= 4 is 0 Å². The highest BCUT2D eigenvalue weighted by atomic mass is 14.6. The van der Waals surface area contributed by atoms with Crippen LogP contribution in [-0.4, -0.2) is 6.54 Å². The van der Waals surface area contributed by atoms with Gasteiger partial charge in [-0.05, 0) is 73.5 Å². The van der Waals surface area contributed by atoms with Crippen LogP contribution in [0.3, 0.4) is 0 Å². The van der Waals surface area contributed by atoms with Gasteiger partial charge in [-0.1, -0.05) is 13.8 Å². The van der Waals surface area contributed by atoms with E-state index in [0.717, 1.165) is 17.9 Å². The average molecular weight is 222 g/mol. The lowest BCUT2D eigenvalue weighted by Gasteiger charge is -2.65. The zero-order valence-electron chi connectivity index (χ0n) is 11.1. The maximum absolute atomic E-state index is 4.04. The standard InChI is InChI=1S/C15H27N/c1-13-6-12-7-14(2,9-13)11-15(8-12,10-13)4-3-5-16/h12H,3-11,16H2,1-2H3/p+1. The predicted octanol–water partition coefficient (Wildman–Crippen LogP) is 3.01. The molecular formula is C15H28N+. The van der Waals surface area contributed by atoms with Gasteiger partial charge < -0.3 is 5.73 Å². The second kappa shape index (κ2) is 3.25. The van der Waals surface area contributed by atoms with E-state index in [-0.39, 0.29) is 0 Å². The molecule has 0 aliphatic heterocycles. The normalized spacial score (nSPS) is 54.6. The van der Waals surface area contributed by atoms with Crippen molar-refractivity contribution in [2.24, 2.45) is 22.2 Å². The highest BCUT2D eigenvalue weighted by Crippen LogP contribution is 2.70. The molecule has 3 N–H and O–H groups in total. The summed E-state index contributed by atoms with van der Waals surface area (Å²) < 4.78 is 0.